The first-order valence-electron chi connectivity index (χ1n) is 9.34. The van der Waals surface area contributed by atoms with E-state index in [1.807, 2.05) is 4.90 Å². The summed E-state index contributed by atoms with van der Waals surface area (Å²) in [6, 6.07) is 1.80. The number of ether oxygens (including phenoxy) is 1. The molecule has 1 aromatic rings. The Balaban J connectivity index is 1.37. The molecular formula is C19H28ClN3O2. The molecular weight excluding hydrogens is 338 g/mol. The Kier molecular flexibility index (Phi) is 6.54. The van der Waals surface area contributed by atoms with Gasteiger partial charge in [-0.15, -0.1) is 0 Å². The van der Waals surface area contributed by atoms with Crippen LogP contribution >= 0.6 is 11.6 Å². The quantitative estimate of drug-likeness (QED) is 0.804. The van der Waals surface area contributed by atoms with Crippen molar-refractivity contribution in [1.29, 1.82) is 0 Å². The van der Waals surface area contributed by atoms with Gasteiger partial charge in [0.25, 0.3) is 0 Å². The third-order valence-electron chi connectivity index (χ3n) is 5.41. The molecule has 0 spiro atoms. The Hall–Kier alpha value is -1.33. The van der Waals surface area contributed by atoms with Crippen LogP contribution < -0.4 is 4.74 Å². The van der Waals surface area contributed by atoms with Crippen molar-refractivity contribution in [2.24, 2.45) is 11.8 Å². The topological polar surface area (TPSA) is 45.7 Å². The molecule has 138 valence electrons. The minimum Gasteiger partial charge on any atom is -0.492 e. The Bertz CT molecular complexity index is 568. The van der Waals surface area contributed by atoms with Gasteiger partial charge < -0.3 is 9.64 Å². The van der Waals surface area contributed by atoms with Gasteiger partial charge in [-0.25, -0.2) is 0 Å². The molecule has 25 heavy (non-hydrogen) atoms. The molecule has 0 atom stereocenters. The number of piperidine rings is 2. The van der Waals surface area contributed by atoms with E-state index in [1.165, 1.54) is 0 Å². The molecule has 0 radical (unpaired) electrons. The van der Waals surface area contributed by atoms with Crippen molar-refractivity contribution in [3.63, 3.8) is 0 Å². The second-order valence-corrected chi connectivity index (χ2v) is 7.81. The van der Waals surface area contributed by atoms with Crippen molar-refractivity contribution in [1.82, 2.24) is 14.8 Å². The van der Waals surface area contributed by atoms with E-state index in [0.29, 0.717) is 35.7 Å². The van der Waals surface area contributed by atoms with E-state index in [1.54, 1.807) is 18.5 Å². The average molecular weight is 366 g/mol. The summed E-state index contributed by atoms with van der Waals surface area (Å²) in [7, 11) is 0. The maximum absolute atomic E-state index is 12.4. The van der Waals surface area contributed by atoms with Crippen molar-refractivity contribution in [2.75, 3.05) is 39.3 Å². The zero-order chi connectivity index (χ0) is 17.6. The van der Waals surface area contributed by atoms with Crippen LogP contribution in [-0.4, -0.2) is 60.0 Å². The van der Waals surface area contributed by atoms with Gasteiger partial charge in [0.05, 0.1) is 13.2 Å². The number of pyridine rings is 1. The standard InChI is InChI=1S/C19H28ClN3O2/c1-15-3-10-23(11-4-15)19(24)13-22-8-5-16(6-9-22)14-25-18-2-7-21-12-17(18)20/h2,7,12,15-16H,3-6,8-11,13-14H2,1H3. The van der Waals surface area contributed by atoms with Gasteiger partial charge in [-0.05, 0) is 50.6 Å². The van der Waals surface area contributed by atoms with E-state index < -0.39 is 0 Å². The highest BCUT2D eigenvalue weighted by atomic mass is 35.5. The van der Waals surface area contributed by atoms with Crippen LogP contribution in [0.3, 0.4) is 0 Å². The smallest absolute Gasteiger partial charge is 0.236 e. The molecule has 3 heterocycles. The molecule has 0 aliphatic carbocycles. The molecule has 2 saturated heterocycles. The zero-order valence-corrected chi connectivity index (χ0v) is 15.7. The van der Waals surface area contributed by atoms with Gasteiger partial charge in [0.15, 0.2) is 0 Å². The molecule has 1 amide bonds. The SMILES string of the molecule is CC1CCN(C(=O)CN2CCC(COc3ccncc3Cl)CC2)CC1. The van der Waals surface area contributed by atoms with Gasteiger partial charge >= 0.3 is 0 Å². The van der Waals surface area contributed by atoms with Gasteiger partial charge in [0.1, 0.15) is 10.8 Å². The largest absolute Gasteiger partial charge is 0.492 e. The summed E-state index contributed by atoms with van der Waals surface area (Å²) in [5.41, 5.74) is 0. The number of likely N-dealkylation sites (tertiary alicyclic amines) is 2. The monoisotopic (exact) mass is 365 g/mol. The van der Waals surface area contributed by atoms with Crippen LogP contribution in [0.15, 0.2) is 18.5 Å². The summed E-state index contributed by atoms with van der Waals surface area (Å²) in [5, 5.41) is 0.557. The van der Waals surface area contributed by atoms with E-state index in [0.717, 1.165) is 57.8 Å². The van der Waals surface area contributed by atoms with Crippen molar-refractivity contribution < 1.29 is 9.53 Å². The lowest BCUT2D eigenvalue weighted by Crippen LogP contribution is -2.46. The highest BCUT2D eigenvalue weighted by Crippen LogP contribution is 2.25. The normalized spacial score (nSPS) is 20.6. The molecule has 0 bridgehead atoms. The summed E-state index contributed by atoms with van der Waals surface area (Å²) in [4.78, 5) is 20.7. The second-order valence-electron chi connectivity index (χ2n) is 7.40. The summed E-state index contributed by atoms with van der Waals surface area (Å²) in [6.07, 6.45) is 7.70. The fourth-order valence-corrected chi connectivity index (χ4v) is 3.72. The molecule has 3 rings (SSSR count). The molecule has 0 saturated carbocycles. The maximum Gasteiger partial charge on any atom is 0.236 e. The third kappa shape index (κ3) is 5.32. The van der Waals surface area contributed by atoms with Crippen LogP contribution in [0.25, 0.3) is 0 Å². The van der Waals surface area contributed by atoms with Crippen LogP contribution in [0, 0.1) is 11.8 Å². The van der Waals surface area contributed by atoms with Crippen LogP contribution in [0.1, 0.15) is 32.6 Å². The zero-order valence-electron chi connectivity index (χ0n) is 15.0. The average Bonchev–Trinajstić information content (AvgIpc) is 2.63. The highest BCUT2D eigenvalue weighted by Gasteiger charge is 2.25. The Morgan fingerprint density at radius 1 is 1.24 bits per heavy atom. The number of amides is 1. The summed E-state index contributed by atoms with van der Waals surface area (Å²) in [5.74, 6) is 2.28. The Labute approximate surface area is 155 Å². The number of carbonyl (C=O) groups excluding carboxylic acids is 1. The molecule has 2 fully saturated rings. The molecule has 2 aliphatic rings. The van der Waals surface area contributed by atoms with Gasteiger partial charge in [-0.3, -0.25) is 14.7 Å². The van der Waals surface area contributed by atoms with Gasteiger partial charge in [0.2, 0.25) is 5.91 Å². The number of aromatic nitrogens is 1. The third-order valence-corrected chi connectivity index (χ3v) is 5.70. The van der Waals surface area contributed by atoms with E-state index in [-0.39, 0.29) is 0 Å². The van der Waals surface area contributed by atoms with Crippen molar-refractivity contribution in [3.05, 3.63) is 23.5 Å². The number of nitrogens with zero attached hydrogens (tertiary/aromatic N) is 3. The predicted octanol–water partition coefficient (Wildman–Crippen LogP) is 3.08. The Morgan fingerprint density at radius 2 is 1.96 bits per heavy atom. The van der Waals surface area contributed by atoms with E-state index in [4.69, 9.17) is 16.3 Å². The molecule has 1 aromatic heterocycles. The lowest BCUT2D eigenvalue weighted by Gasteiger charge is -2.35. The fraction of sp³-hybridized carbons (Fsp3) is 0.684. The predicted molar refractivity (Wildman–Crippen MR) is 98.9 cm³/mol. The highest BCUT2D eigenvalue weighted by molar-refractivity contribution is 6.31. The van der Waals surface area contributed by atoms with Crippen LogP contribution in [0.5, 0.6) is 5.75 Å². The molecule has 5 nitrogen and oxygen atoms in total. The van der Waals surface area contributed by atoms with E-state index >= 15 is 0 Å². The first-order valence-corrected chi connectivity index (χ1v) is 9.72. The van der Waals surface area contributed by atoms with Crippen LogP contribution in [-0.2, 0) is 4.79 Å². The van der Waals surface area contributed by atoms with Gasteiger partial charge in [0, 0.05) is 31.5 Å². The lowest BCUT2D eigenvalue weighted by atomic mass is 9.97. The Morgan fingerprint density at radius 3 is 2.64 bits per heavy atom. The maximum atomic E-state index is 12.4. The minimum atomic E-state index is 0.296. The molecule has 6 heteroatoms. The van der Waals surface area contributed by atoms with Crippen LogP contribution in [0.4, 0.5) is 0 Å². The van der Waals surface area contributed by atoms with Crippen molar-refractivity contribution in [3.8, 4) is 5.75 Å². The summed E-state index contributed by atoms with van der Waals surface area (Å²) in [6.45, 7) is 7.30. The first-order chi connectivity index (χ1) is 12.1. The molecule has 2 aliphatic heterocycles. The number of carbonyl (C=O) groups is 1. The number of hydrogen-bond acceptors (Lipinski definition) is 4. The van der Waals surface area contributed by atoms with Crippen LogP contribution in [0.2, 0.25) is 5.02 Å². The van der Waals surface area contributed by atoms with Gasteiger partial charge in [-0.2, -0.15) is 0 Å². The van der Waals surface area contributed by atoms with Gasteiger partial charge in [-0.1, -0.05) is 18.5 Å². The molecule has 0 unspecified atom stereocenters. The van der Waals surface area contributed by atoms with E-state index in [9.17, 15) is 4.79 Å². The molecule has 0 aromatic carbocycles. The number of rotatable bonds is 5. The van der Waals surface area contributed by atoms with E-state index in [2.05, 4.69) is 16.8 Å². The lowest BCUT2D eigenvalue weighted by molar-refractivity contribution is -0.134. The number of hydrogen-bond donors (Lipinski definition) is 0. The second kappa shape index (κ2) is 8.86. The first kappa shape index (κ1) is 18.5. The summed E-state index contributed by atoms with van der Waals surface area (Å²) < 4.78 is 5.83. The fourth-order valence-electron chi connectivity index (χ4n) is 3.55. The number of halogens is 1. The molecule has 0 N–H and O–H groups in total. The summed E-state index contributed by atoms with van der Waals surface area (Å²) >= 11 is 6.07. The van der Waals surface area contributed by atoms with Crippen molar-refractivity contribution >= 4 is 17.5 Å². The minimum absolute atomic E-state index is 0.296. The van der Waals surface area contributed by atoms with Crippen molar-refractivity contribution in [2.45, 2.75) is 32.6 Å².